The van der Waals surface area contributed by atoms with E-state index < -0.39 is 4.77 Å². The summed E-state index contributed by atoms with van der Waals surface area (Å²) < 4.78 is 17.7. The van der Waals surface area contributed by atoms with Crippen molar-refractivity contribution in [2.75, 3.05) is 17.3 Å². The molecule has 0 aromatic heterocycles. The zero-order valence-electron chi connectivity index (χ0n) is 14.9. The minimum Gasteiger partial charge on any atom is -0.462 e. The van der Waals surface area contributed by atoms with Crippen LogP contribution in [0.4, 0.5) is 10.1 Å². The average molecular weight is 371 g/mol. The summed E-state index contributed by atoms with van der Waals surface area (Å²) in [6.07, 6.45) is 0. The van der Waals surface area contributed by atoms with Gasteiger partial charge in [-0.1, -0.05) is 12.1 Å². The van der Waals surface area contributed by atoms with Gasteiger partial charge < -0.3 is 9.64 Å². The molecule has 134 valence electrons. The molecule has 2 aromatic carbocycles. The van der Waals surface area contributed by atoms with Crippen molar-refractivity contribution in [1.82, 2.24) is 0 Å². The van der Waals surface area contributed by atoms with Crippen LogP contribution in [0.2, 0.25) is 0 Å². The first-order valence-corrected chi connectivity index (χ1v) is 9.36. The fourth-order valence-corrected chi connectivity index (χ4v) is 4.32. The Morgan fingerprint density at radius 1 is 1.31 bits per heavy atom. The molecule has 1 unspecified atom stereocenters. The molecule has 1 aliphatic heterocycles. The highest BCUT2D eigenvalue weighted by molar-refractivity contribution is 8.02. The minimum atomic E-state index is -0.638. The van der Waals surface area contributed by atoms with Crippen LogP contribution < -0.4 is 4.90 Å². The number of anilines is 1. The number of rotatable bonds is 4. The first-order valence-electron chi connectivity index (χ1n) is 8.37. The molecule has 0 N–H and O–H groups in total. The van der Waals surface area contributed by atoms with E-state index in [4.69, 9.17) is 4.74 Å². The molecule has 1 heterocycles. The monoisotopic (exact) mass is 371 g/mol. The van der Waals surface area contributed by atoms with E-state index in [2.05, 4.69) is 0 Å². The Morgan fingerprint density at radius 2 is 2.00 bits per heavy atom. The van der Waals surface area contributed by atoms with Crippen LogP contribution in [-0.4, -0.2) is 32.1 Å². The maximum atomic E-state index is 13.3. The van der Waals surface area contributed by atoms with Crippen LogP contribution in [0.1, 0.15) is 28.4 Å². The van der Waals surface area contributed by atoms with Crippen molar-refractivity contribution >= 4 is 37.2 Å². The molecular formula is C19H19BFNO3S. The van der Waals surface area contributed by atoms with Crippen LogP contribution in [0, 0.1) is 12.7 Å². The van der Waals surface area contributed by atoms with E-state index in [-0.39, 0.29) is 17.7 Å². The minimum absolute atomic E-state index is 0.0196. The van der Waals surface area contributed by atoms with E-state index >= 15 is 0 Å². The molecular weight excluding hydrogens is 352 g/mol. The van der Waals surface area contributed by atoms with Crippen LogP contribution in [0.15, 0.2) is 42.5 Å². The summed E-state index contributed by atoms with van der Waals surface area (Å²) in [5, 5.41) is 0. The molecule has 1 amide bonds. The summed E-state index contributed by atoms with van der Waals surface area (Å²) in [5.74, 6) is -0.375. The van der Waals surface area contributed by atoms with Gasteiger partial charge in [0.25, 0.3) is 0 Å². The maximum Gasteiger partial charge on any atom is 0.338 e. The summed E-state index contributed by atoms with van der Waals surface area (Å²) in [6, 6.07) is 11.4. The summed E-state index contributed by atoms with van der Waals surface area (Å²) in [7, 11) is 1.95. The molecule has 0 saturated carbocycles. The number of aryl methyl sites for hydroxylation is 1. The summed E-state index contributed by atoms with van der Waals surface area (Å²) in [4.78, 5) is 26.3. The predicted octanol–water partition coefficient (Wildman–Crippen LogP) is 2.83. The Balaban J connectivity index is 2.01. The highest BCUT2D eigenvalue weighted by Gasteiger charge is 2.44. The first-order chi connectivity index (χ1) is 12.4. The molecule has 7 heteroatoms. The van der Waals surface area contributed by atoms with Gasteiger partial charge in [-0.3, -0.25) is 4.79 Å². The third-order valence-corrected chi connectivity index (χ3v) is 5.85. The highest BCUT2D eigenvalue weighted by atomic mass is 32.2. The van der Waals surface area contributed by atoms with E-state index in [1.54, 1.807) is 42.2 Å². The smallest absolute Gasteiger partial charge is 0.338 e. The number of thioether (sulfide) groups is 1. The van der Waals surface area contributed by atoms with E-state index in [0.29, 0.717) is 17.9 Å². The van der Waals surface area contributed by atoms with Crippen molar-refractivity contribution in [1.29, 1.82) is 0 Å². The second-order valence-electron chi connectivity index (χ2n) is 6.23. The Labute approximate surface area is 157 Å². The molecule has 1 fully saturated rings. The fourth-order valence-electron chi connectivity index (χ4n) is 3.15. The summed E-state index contributed by atoms with van der Waals surface area (Å²) >= 11 is 1.50. The molecule has 0 spiro atoms. The quantitative estimate of drug-likeness (QED) is 0.613. The van der Waals surface area contributed by atoms with Crippen molar-refractivity contribution < 1.29 is 18.7 Å². The van der Waals surface area contributed by atoms with Gasteiger partial charge in [-0.05, 0) is 55.3 Å². The molecule has 0 bridgehead atoms. The van der Waals surface area contributed by atoms with Crippen molar-refractivity contribution in [2.24, 2.45) is 0 Å². The summed E-state index contributed by atoms with van der Waals surface area (Å²) in [5.41, 5.74) is 2.85. The van der Waals surface area contributed by atoms with Crippen LogP contribution in [0.5, 0.6) is 0 Å². The van der Waals surface area contributed by atoms with E-state index in [1.165, 1.54) is 23.9 Å². The lowest BCUT2D eigenvalue weighted by atomic mass is 9.85. The van der Waals surface area contributed by atoms with Gasteiger partial charge in [0.05, 0.1) is 22.7 Å². The number of hydrogen-bond donors (Lipinski definition) is 0. The Bertz CT molecular complexity index is 858. The zero-order valence-corrected chi connectivity index (χ0v) is 15.7. The van der Waals surface area contributed by atoms with Crippen LogP contribution in [0.3, 0.4) is 0 Å². The fraction of sp³-hybridized carbons (Fsp3) is 0.263. The topological polar surface area (TPSA) is 46.6 Å². The van der Waals surface area contributed by atoms with E-state index in [9.17, 15) is 14.0 Å². The van der Waals surface area contributed by atoms with Gasteiger partial charge in [-0.15, -0.1) is 11.8 Å². The molecule has 3 rings (SSSR count). The molecule has 0 aliphatic carbocycles. The third kappa shape index (κ3) is 3.23. The molecule has 1 atom stereocenters. The second-order valence-corrected chi connectivity index (χ2v) is 7.60. The van der Waals surface area contributed by atoms with Gasteiger partial charge in [-0.25, -0.2) is 9.18 Å². The molecule has 4 nitrogen and oxygen atoms in total. The van der Waals surface area contributed by atoms with Gasteiger partial charge in [0.15, 0.2) is 7.85 Å². The lowest BCUT2D eigenvalue weighted by Crippen LogP contribution is -2.43. The van der Waals surface area contributed by atoms with Crippen LogP contribution in [-0.2, 0) is 14.3 Å². The number of benzene rings is 2. The van der Waals surface area contributed by atoms with Crippen molar-refractivity contribution in [3.63, 3.8) is 0 Å². The van der Waals surface area contributed by atoms with Gasteiger partial charge in [0.1, 0.15) is 5.82 Å². The maximum absolute atomic E-state index is 13.3. The number of halogens is 1. The van der Waals surface area contributed by atoms with Gasteiger partial charge in [0.2, 0.25) is 5.91 Å². The molecule has 2 aromatic rings. The Hall–Kier alpha value is -2.28. The number of hydrogen-bond acceptors (Lipinski definition) is 4. The van der Waals surface area contributed by atoms with Gasteiger partial charge >= 0.3 is 5.97 Å². The number of carbonyl (C=O) groups excluding carboxylic acids is 2. The van der Waals surface area contributed by atoms with E-state index in [0.717, 1.165) is 16.8 Å². The third-order valence-electron chi connectivity index (χ3n) is 4.48. The Morgan fingerprint density at radius 3 is 2.62 bits per heavy atom. The molecule has 26 heavy (non-hydrogen) atoms. The highest BCUT2D eigenvalue weighted by Crippen LogP contribution is 2.46. The van der Waals surface area contributed by atoms with Gasteiger partial charge in [0, 0.05) is 5.69 Å². The van der Waals surface area contributed by atoms with Crippen molar-refractivity contribution in [3.8, 4) is 0 Å². The first kappa shape index (κ1) is 18.5. The number of ether oxygens (including phenoxy) is 1. The lowest BCUT2D eigenvalue weighted by Gasteiger charge is -2.36. The second kappa shape index (κ2) is 7.15. The van der Waals surface area contributed by atoms with Gasteiger partial charge in [-0.2, -0.15) is 0 Å². The summed E-state index contributed by atoms with van der Waals surface area (Å²) in [6.45, 7) is 3.93. The largest absolute Gasteiger partial charge is 0.462 e. The van der Waals surface area contributed by atoms with E-state index in [1.807, 2.05) is 14.8 Å². The van der Waals surface area contributed by atoms with Crippen LogP contribution >= 0.6 is 11.8 Å². The van der Waals surface area contributed by atoms with Crippen LogP contribution in [0.25, 0.3) is 0 Å². The predicted molar refractivity (Wildman–Crippen MR) is 104 cm³/mol. The number of carbonyl (C=O) groups is 2. The molecule has 1 aliphatic rings. The number of nitrogens with zero attached hydrogens (tertiary/aromatic N) is 1. The molecule has 1 saturated heterocycles. The average Bonchev–Trinajstić information content (AvgIpc) is 2.92. The number of amides is 1. The lowest BCUT2D eigenvalue weighted by molar-refractivity contribution is -0.116. The standard InChI is InChI=1S/C19H19BFNO3S/c1-3-25-18(24)13-4-9-16(12(2)10-13)22-17(23)11-26-19(22,20)14-5-7-15(21)8-6-14/h4-10H,3,11,20H2,1-2H3. The SMILES string of the molecule is BC1(c2ccc(F)cc2)SCC(=O)N1c1ccc(C(=O)OCC)cc1C. The van der Waals surface area contributed by atoms with Crippen molar-refractivity contribution in [3.05, 3.63) is 65.0 Å². The zero-order chi connectivity index (χ0) is 18.9. The molecule has 0 radical (unpaired) electrons. The van der Waals surface area contributed by atoms with Crippen molar-refractivity contribution in [2.45, 2.75) is 18.6 Å². The number of esters is 1. The normalized spacial score (nSPS) is 19.7. The Kier molecular flexibility index (Phi) is 5.09.